The Morgan fingerprint density at radius 1 is 1.50 bits per heavy atom. The first-order valence-electron chi connectivity index (χ1n) is 4.92. The van der Waals surface area contributed by atoms with Crippen molar-refractivity contribution in [3.8, 4) is 0 Å². The van der Waals surface area contributed by atoms with Gasteiger partial charge in [0.1, 0.15) is 12.2 Å². The van der Waals surface area contributed by atoms with Gasteiger partial charge in [0.05, 0.1) is 13.1 Å². The Morgan fingerprint density at radius 2 is 2.29 bits per heavy atom. The van der Waals surface area contributed by atoms with Gasteiger partial charge < -0.3 is 5.73 Å². The molecule has 0 atom stereocenters. The first-order chi connectivity index (χ1) is 6.54. The second-order valence-electron chi connectivity index (χ2n) is 4.60. The van der Waals surface area contributed by atoms with E-state index in [0.717, 1.165) is 32.0 Å². The lowest BCUT2D eigenvalue weighted by Crippen LogP contribution is -2.47. The molecule has 0 spiro atoms. The van der Waals surface area contributed by atoms with Gasteiger partial charge in [0.25, 0.3) is 0 Å². The summed E-state index contributed by atoms with van der Waals surface area (Å²) in [6.07, 6.45) is 1.62. The molecular formula is C9H17N5. The maximum absolute atomic E-state index is 5.98. The first-order valence-corrected chi connectivity index (χ1v) is 4.92. The SMILES string of the molecule is CC(C)(N)CN1CCn2ncnc2C1. The number of nitrogens with zero attached hydrogens (tertiary/aromatic N) is 4. The molecule has 0 radical (unpaired) electrons. The van der Waals surface area contributed by atoms with Crippen molar-refractivity contribution in [2.75, 3.05) is 13.1 Å². The second-order valence-corrected chi connectivity index (χ2v) is 4.60. The molecule has 0 aliphatic carbocycles. The Balaban J connectivity index is 2.01. The van der Waals surface area contributed by atoms with Crippen molar-refractivity contribution >= 4 is 0 Å². The molecule has 0 amide bonds. The third-order valence-corrected chi connectivity index (χ3v) is 2.32. The van der Waals surface area contributed by atoms with Gasteiger partial charge in [-0.2, -0.15) is 5.10 Å². The number of rotatable bonds is 2. The molecule has 2 heterocycles. The highest BCUT2D eigenvalue weighted by molar-refractivity contribution is 4.90. The van der Waals surface area contributed by atoms with E-state index in [2.05, 4.69) is 15.0 Å². The summed E-state index contributed by atoms with van der Waals surface area (Å²) in [7, 11) is 0. The van der Waals surface area contributed by atoms with Crippen LogP contribution in [0.4, 0.5) is 0 Å². The lowest BCUT2D eigenvalue weighted by Gasteiger charge is -2.32. The number of hydrogen-bond acceptors (Lipinski definition) is 4. The Labute approximate surface area is 83.9 Å². The standard InChI is InChI=1S/C9H17N5/c1-9(2,10)6-13-3-4-14-8(5-13)11-7-12-14/h7H,3-6,10H2,1-2H3. The molecule has 0 unspecified atom stereocenters. The highest BCUT2D eigenvalue weighted by Gasteiger charge is 2.22. The minimum Gasteiger partial charge on any atom is -0.324 e. The molecule has 0 saturated carbocycles. The van der Waals surface area contributed by atoms with Crippen molar-refractivity contribution in [2.24, 2.45) is 5.73 Å². The van der Waals surface area contributed by atoms with Gasteiger partial charge in [0.2, 0.25) is 0 Å². The Kier molecular flexibility index (Phi) is 2.28. The predicted octanol–water partition coefficient (Wildman–Crippen LogP) is -0.169. The highest BCUT2D eigenvalue weighted by atomic mass is 15.4. The number of hydrogen-bond donors (Lipinski definition) is 1. The van der Waals surface area contributed by atoms with Crippen LogP contribution in [-0.2, 0) is 13.1 Å². The molecule has 2 rings (SSSR count). The normalized spacial score (nSPS) is 18.2. The van der Waals surface area contributed by atoms with Gasteiger partial charge in [0.15, 0.2) is 0 Å². The second kappa shape index (κ2) is 3.33. The number of fused-ring (bicyclic) bond motifs is 1. The summed E-state index contributed by atoms with van der Waals surface area (Å²) in [6.45, 7) is 7.79. The van der Waals surface area contributed by atoms with Gasteiger partial charge in [-0.1, -0.05) is 0 Å². The fourth-order valence-corrected chi connectivity index (χ4v) is 1.82. The molecule has 1 aliphatic rings. The highest BCUT2D eigenvalue weighted by Crippen LogP contribution is 2.11. The maximum Gasteiger partial charge on any atom is 0.141 e. The van der Waals surface area contributed by atoms with E-state index in [4.69, 9.17) is 5.73 Å². The summed E-state index contributed by atoms with van der Waals surface area (Å²) in [6, 6.07) is 0. The molecule has 1 aliphatic heterocycles. The fraction of sp³-hybridized carbons (Fsp3) is 0.778. The summed E-state index contributed by atoms with van der Waals surface area (Å²) < 4.78 is 1.96. The Hall–Kier alpha value is -0.940. The quantitative estimate of drug-likeness (QED) is 0.712. The van der Waals surface area contributed by atoms with Crippen molar-refractivity contribution in [3.63, 3.8) is 0 Å². The maximum atomic E-state index is 5.98. The topological polar surface area (TPSA) is 60.0 Å². The van der Waals surface area contributed by atoms with Crippen molar-refractivity contribution in [2.45, 2.75) is 32.5 Å². The first kappa shape index (κ1) is 9.61. The van der Waals surface area contributed by atoms with Crippen LogP contribution in [0.1, 0.15) is 19.7 Å². The van der Waals surface area contributed by atoms with Gasteiger partial charge in [-0.05, 0) is 13.8 Å². The van der Waals surface area contributed by atoms with E-state index in [-0.39, 0.29) is 5.54 Å². The van der Waals surface area contributed by atoms with Crippen LogP contribution in [0.2, 0.25) is 0 Å². The number of nitrogens with two attached hydrogens (primary N) is 1. The fourth-order valence-electron chi connectivity index (χ4n) is 1.82. The Morgan fingerprint density at radius 3 is 3.00 bits per heavy atom. The summed E-state index contributed by atoms with van der Waals surface area (Å²) in [5.41, 5.74) is 5.84. The van der Waals surface area contributed by atoms with Crippen LogP contribution < -0.4 is 5.73 Å². The van der Waals surface area contributed by atoms with Crippen molar-refractivity contribution in [1.82, 2.24) is 19.7 Å². The van der Waals surface area contributed by atoms with E-state index in [1.165, 1.54) is 0 Å². The zero-order valence-electron chi connectivity index (χ0n) is 8.77. The monoisotopic (exact) mass is 195 g/mol. The van der Waals surface area contributed by atoms with Gasteiger partial charge in [-0.25, -0.2) is 9.67 Å². The molecule has 0 aromatic carbocycles. The summed E-state index contributed by atoms with van der Waals surface area (Å²) in [5.74, 6) is 1.04. The molecule has 0 fully saturated rings. The zero-order chi connectivity index (χ0) is 10.2. The largest absolute Gasteiger partial charge is 0.324 e. The van der Waals surface area contributed by atoms with Gasteiger partial charge in [-0.15, -0.1) is 0 Å². The van der Waals surface area contributed by atoms with Gasteiger partial charge >= 0.3 is 0 Å². The molecular weight excluding hydrogens is 178 g/mol. The van der Waals surface area contributed by atoms with Crippen LogP contribution in [0.5, 0.6) is 0 Å². The van der Waals surface area contributed by atoms with E-state index >= 15 is 0 Å². The van der Waals surface area contributed by atoms with E-state index in [1.807, 2.05) is 18.5 Å². The van der Waals surface area contributed by atoms with Crippen molar-refractivity contribution < 1.29 is 0 Å². The van der Waals surface area contributed by atoms with Crippen LogP contribution in [0.15, 0.2) is 6.33 Å². The van der Waals surface area contributed by atoms with Gasteiger partial charge in [-0.3, -0.25) is 4.90 Å². The summed E-state index contributed by atoms with van der Waals surface area (Å²) >= 11 is 0. The summed E-state index contributed by atoms with van der Waals surface area (Å²) in [5, 5.41) is 4.14. The summed E-state index contributed by atoms with van der Waals surface area (Å²) in [4.78, 5) is 6.53. The molecule has 1 aromatic rings. The van der Waals surface area contributed by atoms with Crippen LogP contribution >= 0.6 is 0 Å². The lowest BCUT2D eigenvalue weighted by molar-refractivity contribution is 0.176. The van der Waals surface area contributed by atoms with E-state index in [0.29, 0.717) is 0 Å². The molecule has 5 heteroatoms. The van der Waals surface area contributed by atoms with E-state index in [1.54, 1.807) is 6.33 Å². The molecule has 2 N–H and O–H groups in total. The van der Waals surface area contributed by atoms with Crippen molar-refractivity contribution in [3.05, 3.63) is 12.2 Å². The minimum absolute atomic E-state index is 0.137. The lowest BCUT2D eigenvalue weighted by atomic mass is 10.1. The molecule has 0 bridgehead atoms. The average Bonchev–Trinajstić information content (AvgIpc) is 2.47. The van der Waals surface area contributed by atoms with Crippen LogP contribution in [-0.4, -0.2) is 38.3 Å². The third kappa shape index (κ3) is 2.10. The average molecular weight is 195 g/mol. The molecule has 5 nitrogen and oxygen atoms in total. The number of aromatic nitrogens is 3. The molecule has 14 heavy (non-hydrogen) atoms. The van der Waals surface area contributed by atoms with Gasteiger partial charge in [0, 0.05) is 18.6 Å². The van der Waals surface area contributed by atoms with Crippen molar-refractivity contribution in [1.29, 1.82) is 0 Å². The van der Waals surface area contributed by atoms with Crippen LogP contribution in [0.25, 0.3) is 0 Å². The van der Waals surface area contributed by atoms with E-state index in [9.17, 15) is 0 Å². The zero-order valence-corrected chi connectivity index (χ0v) is 8.77. The minimum atomic E-state index is -0.137. The van der Waals surface area contributed by atoms with Crippen LogP contribution in [0.3, 0.4) is 0 Å². The third-order valence-electron chi connectivity index (χ3n) is 2.32. The molecule has 0 saturated heterocycles. The van der Waals surface area contributed by atoms with Crippen LogP contribution in [0, 0.1) is 0 Å². The van der Waals surface area contributed by atoms with E-state index < -0.39 is 0 Å². The molecule has 78 valence electrons. The smallest absolute Gasteiger partial charge is 0.141 e. The Bertz CT molecular complexity index is 311. The molecule has 1 aromatic heterocycles. The predicted molar refractivity (Wildman–Crippen MR) is 53.6 cm³/mol.